The Labute approximate surface area is 102 Å². The molecule has 2 rings (SSSR count). The van der Waals surface area contributed by atoms with Crippen molar-refractivity contribution in [3.05, 3.63) is 57.8 Å². The van der Waals surface area contributed by atoms with E-state index >= 15 is 0 Å². The topological polar surface area (TPSA) is 70.2 Å². The van der Waals surface area contributed by atoms with Gasteiger partial charge in [0.15, 0.2) is 0 Å². The summed E-state index contributed by atoms with van der Waals surface area (Å²) in [5.41, 5.74) is 0.357. The summed E-state index contributed by atoms with van der Waals surface area (Å²) in [4.78, 5) is 25.6. The highest BCUT2D eigenvalue weighted by Gasteiger charge is 2.15. The minimum absolute atomic E-state index is 0.245. The molecule has 0 spiro atoms. The maximum Gasteiger partial charge on any atom is 0.341 e. The van der Waals surface area contributed by atoms with E-state index in [9.17, 15) is 14.0 Å². The van der Waals surface area contributed by atoms with Gasteiger partial charge in [-0.15, -0.1) is 0 Å². The van der Waals surface area contributed by atoms with Gasteiger partial charge in [0.25, 0.3) is 0 Å². The second-order valence-electron chi connectivity index (χ2n) is 3.84. The van der Waals surface area contributed by atoms with E-state index in [1.807, 2.05) is 0 Å². The summed E-state index contributed by atoms with van der Waals surface area (Å²) in [5, 5.41) is 8.89. The SMILES string of the molecule is Cc1[nH]cc(C(=O)O)c(=O)c1-c1ccc(F)cc1. The number of aryl methyl sites for hydroxylation is 1. The monoisotopic (exact) mass is 247 g/mol. The maximum atomic E-state index is 12.8. The molecule has 1 aromatic carbocycles. The third kappa shape index (κ3) is 2.02. The first kappa shape index (κ1) is 12.0. The van der Waals surface area contributed by atoms with E-state index in [0.717, 1.165) is 6.20 Å². The zero-order valence-corrected chi connectivity index (χ0v) is 9.53. The number of halogens is 1. The van der Waals surface area contributed by atoms with Gasteiger partial charge >= 0.3 is 5.97 Å². The Hall–Kier alpha value is -2.43. The zero-order chi connectivity index (χ0) is 13.3. The van der Waals surface area contributed by atoms with Gasteiger partial charge in [-0.3, -0.25) is 4.79 Å². The fourth-order valence-corrected chi connectivity index (χ4v) is 1.75. The Kier molecular flexibility index (Phi) is 2.97. The van der Waals surface area contributed by atoms with E-state index in [1.165, 1.54) is 24.3 Å². The molecule has 0 amide bonds. The second kappa shape index (κ2) is 4.44. The number of aromatic carboxylic acids is 1. The molecule has 1 heterocycles. The Morgan fingerprint density at radius 2 is 1.89 bits per heavy atom. The fraction of sp³-hybridized carbons (Fsp3) is 0.0769. The summed E-state index contributed by atoms with van der Waals surface area (Å²) < 4.78 is 12.8. The van der Waals surface area contributed by atoms with Gasteiger partial charge in [-0.2, -0.15) is 0 Å². The first-order chi connectivity index (χ1) is 8.50. The van der Waals surface area contributed by atoms with E-state index < -0.39 is 17.2 Å². The molecule has 0 fully saturated rings. The number of nitrogens with one attached hydrogen (secondary N) is 1. The van der Waals surface area contributed by atoms with Gasteiger partial charge in [0.1, 0.15) is 11.4 Å². The molecule has 0 unspecified atom stereocenters. The first-order valence-corrected chi connectivity index (χ1v) is 5.22. The van der Waals surface area contributed by atoms with Gasteiger partial charge in [-0.25, -0.2) is 9.18 Å². The number of carboxylic acids is 1. The number of aromatic amines is 1. The Morgan fingerprint density at radius 3 is 2.44 bits per heavy atom. The molecule has 2 N–H and O–H groups in total. The third-order valence-electron chi connectivity index (χ3n) is 2.64. The molecule has 0 aliphatic heterocycles. The van der Waals surface area contributed by atoms with Crippen molar-refractivity contribution in [3.8, 4) is 11.1 Å². The van der Waals surface area contributed by atoms with Gasteiger partial charge in [0.05, 0.1) is 0 Å². The lowest BCUT2D eigenvalue weighted by Crippen LogP contribution is -2.18. The first-order valence-electron chi connectivity index (χ1n) is 5.22. The highest BCUT2D eigenvalue weighted by atomic mass is 19.1. The summed E-state index contributed by atoms with van der Waals surface area (Å²) in [6.45, 7) is 1.66. The maximum absolute atomic E-state index is 12.8. The molecule has 0 bridgehead atoms. The van der Waals surface area contributed by atoms with Crippen LogP contribution >= 0.6 is 0 Å². The molecule has 0 saturated carbocycles. The zero-order valence-electron chi connectivity index (χ0n) is 9.53. The molecule has 92 valence electrons. The second-order valence-corrected chi connectivity index (χ2v) is 3.84. The van der Waals surface area contributed by atoms with Crippen molar-refractivity contribution in [1.82, 2.24) is 4.98 Å². The van der Waals surface area contributed by atoms with Crippen LogP contribution in [0.5, 0.6) is 0 Å². The number of carbonyl (C=O) groups is 1. The third-order valence-corrected chi connectivity index (χ3v) is 2.64. The van der Waals surface area contributed by atoms with Crippen molar-refractivity contribution >= 4 is 5.97 Å². The molecule has 2 aromatic rings. The number of aromatic nitrogens is 1. The summed E-state index contributed by atoms with van der Waals surface area (Å²) in [6.07, 6.45) is 1.16. The lowest BCUT2D eigenvalue weighted by atomic mass is 10.0. The average molecular weight is 247 g/mol. The molecule has 0 saturated heterocycles. The van der Waals surface area contributed by atoms with Crippen LogP contribution in [-0.2, 0) is 0 Å². The van der Waals surface area contributed by atoms with Crippen molar-refractivity contribution < 1.29 is 14.3 Å². The van der Waals surface area contributed by atoms with Gasteiger partial charge in [0, 0.05) is 17.5 Å². The predicted molar refractivity (Wildman–Crippen MR) is 64.2 cm³/mol. The van der Waals surface area contributed by atoms with Crippen LogP contribution in [0.4, 0.5) is 4.39 Å². The number of H-pyrrole nitrogens is 1. The number of carboxylic acid groups (broad SMARTS) is 1. The van der Waals surface area contributed by atoms with Gasteiger partial charge < -0.3 is 10.1 Å². The number of rotatable bonds is 2. The van der Waals surface area contributed by atoms with Crippen molar-refractivity contribution in [2.75, 3.05) is 0 Å². The van der Waals surface area contributed by atoms with Gasteiger partial charge in [-0.1, -0.05) is 12.1 Å². The molecule has 5 heteroatoms. The van der Waals surface area contributed by atoms with Crippen LogP contribution in [-0.4, -0.2) is 16.1 Å². The number of benzene rings is 1. The van der Waals surface area contributed by atoms with Crippen LogP contribution in [0.3, 0.4) is 0 Å². The molecule has 0 aliphatic carbocycles. The van der Waals surface area contributed by atoms with Crippen LogP contribution < -0.4 is 5.43 Å². The predicted octanol–water partition coefficient (Wildman–Crippen LogP) is 2.19. The highest BCUT2D eigenvalue weighted by molar-refractivity contribution is 5.89. The Balaban J connectivity index is 2.71. The fourth-order valence-electron chi connectivity index (χ4n) is 1.75. The normalized spacial score (nSPS) is 10.3. The molecular formula is C13H10FNO3. The van der Waals surface area contributed by atoms with E-state index in [1.54, 1.807) is 6.92 Å². The Bertz CT molecular complexity index is 659. The standard InChI is InChI=1S/C13H10FNO3/c1-7-11(8-2-4-9(14)5-3-8)12(16)10(6-15-7)13(17)18/h2-6H,1H3,(H,15,16)(H,17,18). The Morgan fingerprint density at radius 1 is 1.28 bits per heavy atom. The summed E-state index contributed by atoms with van der Waals surface area (Å²) in [5.74, 6) is -1.71. The van der Waals surface area contributed by atoms with Crippen molar-refractivity contribution in [1.29, 1.82) is 0 Å². The summed E-state index contributed by atoms with van der Waals surface area (Å²) in [6, 6.07) is 5.33. The van der Waals surface area contributed by atoms with E-state index in [-0.39, 0.29) is 11.1 Å². The quantitative estimate of drug-likeness (QED) is 0.854. The van der Waals surface area contributed by atoms with Crippen molar-refractivity contribution in [2.45, 2.75) is 6.92 Å². The summed E-state index contributed by atoms with van der Waals surface area (Å²) in [7, 11) is 0. The largest absolute Gasteiger partial charge is 0.477 e. The van der Waals surface area contributed by atoms with E-state index in [2.05, 4.69) is 4.98 Å². The highest BCUT2D eigenvalue weighted by Crippen LogP contribution is 2.19. The molecule has 1 aromatic heterocycles. The van der Waals surface area contributed by atoms with Crippen LogP contribution in [0, 0.1) is 12.7 Å². The molecule has 0 atom stereocenters. The summed E-state index contributed by atoms with van der Waals surface area (Å²) >= 11 is 0. The molecule has 0 aliphatic rings. The van der Waals surface area contributed by atoms with Crippen molar-refractivity contribution in [3.63, 3.8) is 0 Å². The van der Waals surface area contributed by atoms with Gasteiger partial charge in [-0.05, 0) is 24.6 Å². The smallest absolute Gasteiger partial charge is 0.341 e. The average Bonchev–Trinajstić information content (AvgIpc) is 2.31. The van der Waals surface area contributed by atoms with Crippen LogP contribution in [0.1, 0.15) is 16.1 Å². The minimum atomic E-state index is -1.29. The van der Waals surface area contributed by atoms with E-state index in [4.69, 9.17) is 5.11 Å². The number of hydrogen-bond donors (Lipinski definition) is 2. The molecule has 0 radical (unpaired) electrons. The van der Waals surface area contributed by atoms with E-state index in [0.29, 0.717) is 11.3 Å². The molecule has 18 heavy (non-hydrogen) atoms. The number of hydrogen-bond acceptors (Lipinski definition) is 2. The van der Waals surface area contributed by atoms with Crippen LogP contribution in [0.2, 0.25) is 0 Å². The minimum Gasteiger partial charge on any atom is -0.477 e. The van der Waals surface area contributed by atoms with Crippen LogP contribution in [0.25, 0.3) is 11.1 Å². The molecular weight excluding hydrogens is 237 g/mol. The molecule has 4 nitrogen and oxygen atoms in total. The van der Waals surface area contributed by atoms with Gasteiger partial charge in [0.2, 0.25) is 5.43 Å². The lowest BCUT2D eigenvalue weighted by Gasteiger charge is -2.06. The van der Waals surface area contributed by atoms with Crippen LogP contribution in [0.15, 0.2) is 35.3 Å². The number of pyridine rings is 1. The lowest BCUT2D eigenvalue weighted by molar-refractivity contribution is 0.0695. The van der Waals surface area contributed by atoms with Crippen molar-refractivity contribution in [2.24, 2.45) is 0 Å².